The zero-order valence-electron chi connectivity index (χ0n) is 35.8. The number of aryl methyl sites for hydroxylation is 2. The van der Waals surface area contributed by atoms with Crippen LogP contribution in [0.5, 0.6) is 0 Å². The molecule has 12 heteroatoms. The first kappa shape index (κ1) is 41.1. The minimum Gasteiger partial charge on any atom is -0.394 e. The van der Waals surface area contributed by atoms with Crippen LogP contribution in [0.2, 0.25) is 18.6 Å². The van der Waals surface area contributed by atoms with Crippen molar-refractivity contribution in [1.82, 2.24) is 4.90 Å². The van der Waals surface area contributed by atoms with Crippen LogP contribution in [0.25, 0.3) is 0 Å². The highest BCUT2D eigenvalue weighted by molar-refractivity contribution is 6.72. The van der Waals surface area contributed by atoms with Crippen molar-refractivity contribution in [3.63, 3.8) is 0 Å². The third-order valence-electron chi connectivity index (χ3n) is 14.2. The second kappa shape index (κ2) is 15.7. The monoisotopic (exact) mass is 862 g/mol. The number of benzene rings is 5. The Bertz CT molecular complexity index is 2680. The van der Waals surface area contributed by atoms with E-state index in [-0.39, 0.29) is 43.2 Å². The van der Waals surface area contributed by atoms with E-state index in [1.807, 2.05) is 122 Å². The highest BCUT2D eigenvalue weighted by Crippen LogP contribution is 2.61. The first-order chi connectivity index (χ1) is 30.4. The van der Waals surface area contributed by atoms with Crippen LogP contribution in [0.4, 0.5) is 32.5 Å². The smallest absolute Gasteiger partial charge is 0.264 e. The SMILES string of the molecule is C[C@@H]1[C@@H]([Si](C)(C)F)[C@H](CC(=O)N2Cc3ccccc3C[C@H]2CO)O[C@@]12C(=O)N(Cc1cccc(N3C(=O)CCc4ccccc43)c1)c1ccc(N3C(=O)CCc4ccccc43)cc12. The van der Waals surface area contributed by atoms with Crippen LogP contribution in [0.15, 0.2) is 115 Å². The predicted molar refractivity (Wildman–Crippen MR) is 242 cm³/mol. The number of aliphatic hydroxyl groups excluding tert-OH is 1. The predicted octanol–water partition coefficient (Wildman–Crippen LogP) is 8.57. The van der Waals surface area contributed by atoms with Gasteiger partial charge in [0, 0.05) is 47.8 Å². The first-order valence-electron chi connectivity index (χ1n) is 22.1. The highest BCUT2D eigenvalue weighted by atomic mass is 28.4. The maximum Gasteiger partial charge on any atom is 0.264 e. The molecule has 0 bridgehead atoms. The summed E-state index contributed by atoms with van der Waals surface area (Å²) in [5.41, 5.74) is 6.54. The number of carbonyl (C=O) groups is 4. The molecule has 63 heavy (non-hydrogen) atoms. The lowest BCUT2D eigenvalue weighted by atomic mass is 9.82. The fraction of sp³-hybridized carbons (Fsp3) is 0.333. The molecule has 5 aromatic carbocycles. The molecule has 5 aliphatic heterocycles. The second-order valence-corrected chi connectivity index (χ2v) is 22.1. The third-order valence-corrected chi connectivity index (χ3v) is 16.6. The molecule has 0 aliphatic carbocycles. The number of amides is 4. The Labute approximate surface area is 368 Å². The number of halogens is 1. The second-order valence-electron chi connectivity index (χ2n) is 18.3. The number of aliphatic hydroxyl groups is 1. The Morgan fingerprint density at radius 3 is 1.98 bits per heavy atom. The van der Waals surface area contributed by atoms with Crippen molar-refractivity contribution in [2.24, 2.45) is 5.92 Å². The Morgan fingerprint density at radius 1 is 0.746 bits per heavy atom. The lowest BCUT2D eigenvalue weighted by Crippen LogP contribution is -2.48. The molecule has 1 spiro atoms. The lowest BCUT2D eigenvalue weighted by molar-refractivity contribution is -0.151. The zero-order valence-corrected chi connectivity index (χ0v) is 36.8. The van der Waals surface area contributed by atoms with Gasteiger partial charge in [0.2, 0.25) is 26.1 Å². The standard InChI is InChI=1S/C51H51FN4O6Si/c1-32-49(63(2,3)52)45(28-48(60)53-30-37-15-5-4-14-36(37)26-40(53)31-57)62-51(32)41-27-39(56-43-18-9-7-13-35(43)20-24-47(56)59)21-22-44(41)54(50(51)61)29-33-11-10-16-38(25-33)55-42-17-8-6-12-34(42)19-23-46(55)58/h4-18,21-22,25,27,32,40,45,49,57H,19-20,23-24,26,28-31H2,1-3H3/t32-,40+,45+,49-,51+/m1/s1. The molecule has 5 aromatic rings. The van der Waals surface area contributed by atoms with Gasteiger partial charge < -0.3 is 23.8 Å². The molecule has 1 fully saturated rings. The van der Waals surface area contributed by atoms with Crippen molar-refractivity contribution >= 4 is 60.5 Å². The molecule has 5 aliphatic rings. The normalized spacial score (nSPS) is 24.1. The van der Waals surface area contributed by atoms with Gasteiger partial charge in [0.25, 0.3) is 5.91 Å². The number of ether oxygens (including phenoxy) is 1. The summed E-state index contributed by atoms with van der Waals surface area (Å²) in [6, 6.07) is 36.3. The van der Waals surface area contributed by atoms with Gasteiger partial charge in [0.05, 0.1) is 48.8 Å². The largest absolute Gasteiger partial charge is 0.394 e. The van der Waals surface area contributed by atoms with Gasteiger partial charge in [0.15, 0.2) is 5.60 Å². The molecular formula is C51H51FN4O6Si. The van der Waals surface area contributed by atoms with E-state index in [4.69, 9.17) is 4.74 Å². The van der Waals surface area contributed by atoms with Crippen molar-refractivity contribution in [3.05, 3.63) is 149 Å². The molecule has 322 valence electrons. The van der Waals surface area contributed by atoms with Crippen LogP contribution in [-0.4, -0.2) is 60.8 Å². The summed E-state index contributed by atoms with van der Waals surface area (Å²) in [4.78, 5) is 64.2. The van der Waals surface area contributed by atoms with Crippen molar-refractivity contribution in [1.29, 1.82) is 0 Å². The fourth-order valence-electron chi connectivity index (χ4n) is 11.3. The Balaban J connectivity index is 1.05. The van der Waals surface area contributed by atoms with Gasteiger partial charge >= 0.3 is 0 Å². The number of anilines is 5. The number of fused-ring (bicyclic) bond motifs is 5. The van der Waals surface area contributed by atoms with E-state index in [0.717, 1.165) is 39.2 Å². The molecule has 5 atom stereocenters. The number of para-hydroxylation sites is 2. The summed E-state index contributed by atoms with van der Waals surface area (Å²) in [5.74, 6) is -1.41. The van der Waals surface area contributed by atoms with E-state index < -0.39 is 37.6 Å². The molecule has 0 unspecified atom stereocenters. The van der Waals surface area contributed by atoms with Gasteiger partial charge in [-0.05, 0) is 103 Å². The van der Waals surface area contributed by atoms with Crippen molar-refractivity contribution in [2.45, 2.75) is 94.9 Å². The fourth-order valence-corrected chi connectivity index (χ4v) is 13.8. The number of hydrogen-bond donors (Lipinski definition) is 1. The number of hydrogen-bond acceptors (Lipinski definition) is 6. The first-order valence-corrected chi connectivity index (χ1v) is 25.0. The molecule has 10 nitrogen and oxygen atoms in total. The number of nitrogens with zero attached hydrogens (tertiary/aromatic N) is 4. The molecule has 0 saturated carbocycles. The van der Waals surface area contributed by atoms with E-state index in [1.165, 1.54) is 0 Å². The topological polar surface area (TPSA) is 111 Å². The molecule has 1 N–H and O–H groups in total. The average Bonchev–Trinajstić information content (AvgIpc) is 3.71. The molecular weight excluding hydrogens is 812 g/mol. The minimum atomic E-state index is -3.67. The Kier molecular flexibility index (Phi) is 10.2. The molecule has 0 radical (unpaired) electrons. The quantitative estimate of drug-likeness (QED) is 0.124. The van der Waals surface area contributed by atoms with E-state index in [0.29, 0.717) is 61.3 Å². The van der Waals surface area contributed by atoms with Crippen LogP contribution in [-0.2, 0) is 61.9 Å². The Morgan fingerprint density at radius 2 is 1.35 bits per heavy atom. The maximum atomic E-state index is 17.0. The summed E-state index contributed by atoms with van der Waals surface area (Å²) < 4.78 is 24.2. The third kappa shape index (κ3) is 6.81. The zero-order chi connectivity index (χ0) is 43.8. The van der Waals surface area contributed by atoms with Gasteiger partial charge in [0.1, 0.15) is 0 Å². The summed E-state index contributed by atoms with van der Waals surface area (Å²) >= 11 is 0. The van der Waals surface area contributed by atoms with E-state index in [1.54, 1.807) is 32.7 Å². The van der Waals surface area contributed by atoms with Gasteiger partial charge in [-0.1, -0.05) is 79.7 Å². The summed E-state index contributed by atoms with van der Waals surface area (Å²) in [5, 5.41) is 10.5. The van der Waals surface area contributed by atoms with Crippen molar-refractivity contribution in [3.8, 4) is 0 Å². The van der Waals surface area contributed by atoms with E-state index in [2.05, 4.69) is 0 Å². The highest BCUT2D eigenvalue weighted by Gasteiger charge is 2.67. The summed E-state index contributed by atoms with van der Waals surface area (Å²) in [7, 11) is -3.67. The van der Waals surface area contributed by atoms with Crippen molar-refractivity contribution < 1.29 is 33.1 Å². The van der Waals surface area contributed by atoms with Gasteiger partial charge in [-0.3, -0.25) is 29.0 Å². The molecule has 1 saturated heterocycles. The Hall–Kier alpha value is -5.95. The van der Waals surface area contributed by atoms with E-state index in [9.17, 15) is 19.5 Å². The molecule has 4 amide bonds. The summed E-state index contributed by atoms with van der Waals surface area (Å²) in [6.07, 6.45) is 1.38. The van der Waals surface area contributed by atoms with Crippen LogP contribution in [0.3, 0.4) is 0 Å². The van der Waals surface area contributed by atoms with Crippen LogP contribution in [0.1, 0.15) is 59.6 Å². The molecule has 10 rings (SSSR count). The maximum absolute atomic E-state index is 17.0. The molecule has 5 heterocycles. The van der Waals surface area contributed by atoms with Gasteiger partial charge in [-0.15, -0.1) is 0 Å². The molecule has 0 aromatic heterocycles. The van der Waals surface area contributed by atoms with Crippen LogP contribution < -0.4 is 14.7 Å². The van der Waals surface area contributed by atoms with Gasteiger partial charge in [-0.2, -0.15) is 0 Å². The van der Waals surface area contributed by atoms with E-state index >= 15 is 8.90 Å². The number of rotatable bonds is 8. The van der Waals surface area contributed by atoms with Crippen molar-refractivity contribution in [2.75, 3.05) is 21.3 Å². The lowest BCUT2D eigenvalue weighted by Gasteiger charge is -2.37. The summed E-state index contributed by atoms with van der Waals surface area (Å²) in [6.45, 7) is 5.32. The average molecular weight is 863 g/mol. The van der Waals surface area contributed by atoms with Crippen LogP contribution in [0, 0.1) is 5.92 Å². The van der Waals surface area contributed by atoms with Gasteiger partial charge in [-0.25, -0.2) is 0 Å². The number of carbonyl (C=O) groups excluding carboxylic acids is 4. The van der Waals surface area contributed by atoms with Crippen LogP contribution >= 0.6 is 0 Å². The minimum absolute atomic E-state index is 0.00866.